The maximum Gasteiger partial charge on any atom is 0.303 e. The number of ether oxygens (including phenoxy) is 4. The number of methoxy groups -OCH3 is 1. The molecule has 1 saturated heterocycles. The number of carbonyl (C=O) groups is 4. The molecule has 1 aromatic heterocycles. The first-order chi connectivity index (χ1) is 14.6. The predicted molar refractivity (Wildman–Crippen MR) is 102 cm³/mol. The topological polar surface area (TPSA) is 157 Å². The number of aromatic nitrogens is 2. The normalized spacial score (nSPS) is 24.5. The number of aromatic amines is 1. The lowest BCUT2D eigenvalue weighted by molar-refractivity contribution is -0.193. The Kier molecular flexibility index (Phi) is 5.97. The molecule has 4 unspecified atom stereocenters. The molecular formula is C18H22N4O9. The molecule has 1 fully saturated rings. The molecule has 13 heteroatoms. The Balaban J connectivity index is 2.26. The lowest BCUT2D eigenvalue weighted by atomic mass is 9.95. The molecule has 3 heterocycles. The summed E-state index contributed by atoms with van der Waals surface area (Å²) < 4.78 is 21.4. The summed E-state index contributed by atoms with van der Waals surface area (Å²) in [4.78, 5) is 70.1. The van der Waals surface area contributed by atoms with Gasteiger partial charge >= 0.3 is 11.9 Å². The number of anilines is 2. The largest absolute Gasteiger partial charge is 0.468 e. The van der Waals surface area contributed by atoms with Crippen LogP contribution in [0.5, 0.6) is 6.01 Å². The molecule has 4 atom stereocenters. The van der Waals surface area contributed by atoms with Gasteiger partial charge in [0.05, 0.1) is 13.7 Å². The molecule has 31 heavy (non-hydrogen) atoms. The highest BCUT2D eigenvalue weighted by molar-refractivity contribution is 6.02. The van der Waals surface area contributed by atoms with Crippen LogP contribution in [-0.2, 0) is 33.4 Å². The number of hydrogen-bond donors (Lipinski definition) is 1. The minimum atomic E-state index is -1.22. The number of H-pyrrole nitrogens is 1. The fraction of sp³-hybridized carbons (Fsp3) is 0.556. The summed E-state index contributed by atoms with van der Waals surface area (Å²) in [6, 6.07) is -1.37. The SMILES string of the molecule is COc1nc2c(c(=O)[nH]1)N(C(C)=O)C1C(OC(C)=O)C(OC(C)=O)COC1N2C(C)=O. The van der Waals surface area contributed by atoms with E-state index in [2.05, 4.69) is 9.97 Å². The van der Waals surface area contributed by atoms with Crippen molar-refractivity contribution >= 4 is 35.3 Å². The summed E-state index contributed by atoms with van der Waals surface area (Å²) in [6.45, 7) is 4.49. The predicted octanol–water partition coefficient (Wildman–Crippen LogP) is -0.914. The van der Waals surface area contributed by atoms with Crippen molar-refractivity contribution in [2.45, 2.75) is 52.2 Å². The Morgan fingerprint density at radius 3 is 2.16 bits per heavy atom. The van der Waals surface area contributed by atoms with Crippen molar-refractivity contribution in [1.29, 1.82) is 0 Å². The third-order valence-electron chi connectivity index (χ3n) is 4.79. The molecule has 0 aromatic carbocycles. The van der Waals surface area contributed by atoms with Crippen molar-refractivity contribution in [3.05, 3.63) is 10.4 Å². The van der Waals surface area contributed by atoms with Crippen molar-refractivity contribution in [1.82, 2.24) is 9.97 Å². The summed E-state index contributed by atoms with van der Waals surface area (Å²) in [5.74, 6) is -2.69. The van der Waals surface area contributed by atoms with Crippen LogP contribution >= 0.6 is 0 Å². The molecule has 0 aliphatic carbocycles. The van der Waals surface area contributed by atoms with E-state index in [1.165, 1.54) is 27.9 Å². The Bertz CT molecular complexity index is 991. The summed E-state index contributed by atoms with van der Waals surface area (Å²) in [5, 5.41) is 0. The average molecular weight is 438 g/mol. The zero-order valence-electron chi connectivity index (χ0n) is 17.5. The average Bonchev–Trinajstić information content (AvgIpc) is 2.66. The second kappa shape index (κ2) is 8.34. The monoisotopic (exact) mass is 438 g/mol. The second-order valence-electron chi connectivity index (χ2n) is 6.96. The Morgan fingerprint density at radius 2 is 1.65 bits per heavy atom. The molecule has 2 aliphatic heterocycles. The summed E-state index contributed by atoms with van der Waals surface area (Å²) in [7, 11) is 1.27. The fourth-order valence-corrected chi connectivity index (χ4v) is 3.80. The first-order valence-electron chi connectivity index (χ1n) is 9.30. The fourth-order valence-electron chi connectivity index (χ4n) is 3.80. The van der Waals surface area contributed by atoms with Gasteiger partial charge in [-0.05, 0) is 0 Å². The minimum absolute atomic E-state index is 0.155. The third kappa shape index (κ3) is 3.95. The van der Waals surface area contributed by atoms with Crippen LogP contribution in [0.15, 0.2) is 4.79 Å². The van der Waals surface area contributed by atoms with Crippen molar-refractivity contribution in [2.75, 3.05) is 23.5 Å². The Labute approximate surface area is 176 Å². The van der Waals surface area contributed by atoms with Crippen molar-refractivity contribution < 1.29 is 38.1 Å². The molecule has 168 valence electrons. The number of nitrogens with one attached hydrogen (secondary N) is 1. The van der Waals surface area contributed by atoms with E-state index in [1.807, 2.05) is 0 Å². The molecule has 0 bridgehead atoms. The van der Waals surface area contributed by atoms with Crippen LogP contribution in [-0.4, -0.2) is 71.9 Å². The van der Waals surface area contributed by atoms with Crippen LogP contribution in [0.25, 0.3) is 0 Å². The minimum Gasteiger partial charge on any atom is -0.468 e. The molecular weight excluding hydrogens is 416 g/mol. The van der Waals surface area contributed by atoms with Gasteiger partial charge in [0, 0.05) is 27.7 Å². The highest BCUT2D eigenvalue weighted by atomic mass is 16.6. The van der Waals surface area contributed by atoms with Gasteiger partial charge in [0.25, 0.3) is 11.6 Å². The molecule has 1 N–H and O–H groups in total. The smallest absolute Gasteiger partial charge is 0.303 e. The number of hydrogen-bond acceptors (Lipinski definition) is 10. The van der Waals surface area contributed by atoms with Crippen LogP contribution in [0.3, 0.4) is 0 Å². The zero-order valence-corrected chi connectivity index (χ0v) is 17.5. The summed E-state index contributed by atoms with van der Waals surface area (Å²) >= 11 is 0. The molecule has 2 amide bonds. The molecule has 2 aliphatic rings. The number of nitrogens with zero attached hydrogens (tertiary/aromatic N) is 3. The van der Waals surface area contributed by atoms with Gasteiger partial charge in [0.15, 0.2) is 29.9 Å². The van der Waals surface area contributed by atoms with Crippen LogP contribution in [0.2, 0.25) is 0 Å². The Morgan fingerprint density at radius 1 is 1.03 bits per heavy atom. The van der Waals surface area contributed by atoms with E-state index in [9.17, 15) is 24.0 Å². The molecule has 0 radical (unpaired) electrons. The number of esters is 2. The van der Waals surface area contributed by atoms with Crippen LogP contribution in [0.4, 0.5) is 11.5 Å². The lowest BCUT2D eigenvalue weighted by Gasteiger charge is -2.51. The van der Waals surface area contributed by atoms with Crippen molar-refractivity contribution in [3.63, 3.8) is 0 Å². The Hall–Kier alpha value is -3.48. The van der Waals surface area contributed by atoms with E-state index >= 15 is 0 Å². The van der Waals surface area contributed by atoms with Gasteiger partial charge in [-0.3, -0.25) is 38.8 Å². The van der Waals surface area contributed by atoms with Gasteiger partial charge in [-0.2, -0.15) is 4.98 Å². The standard InChI is InChI=1S/C18H22N4O9/c1-7(23)21-12-14(31-10(4)26)11(30-9(3)25)6-29-17(12)22(8(2)24)15-13(21)16(27)20-18(19-15)28-5/h11-12,14,17H,6H2,1-5H3,(H,19,20,27). The number of carbonyl (C=O) groups excluding carboxylic acids is 4. The zero-order chi connectivity index (χ0) is 23.0. The van der Waals surface area contributed by atoms with Gasteiger partial charge in [-0.25, -0.2) is 0 Å². The third-order valence-corrected chi connectivity index (χ3v) is 4.79. The molecule has 13 nitrogen and oxygen atoms in total. The molecule has 1 aromatic rings. The number of fused-ring (bicyclic) bond motifs is 2. The first-order valence-corrected chi connectivity index (χ1v) is 9.30. The second-order valence-corrected chi connectivity index (χ2v) is 6.96. The van der Waals surface area contributed by atoms with E-state index < -0.39 is 53.8 Å². The molecule has 3 rings (SSSR count). The van der Waals surface area contributed by atoms with Gasteiger partial charge < -0.3 is 18.9 Å². The van der Waals surface area contributed by atoms with Crippen LogP contribution in [0, 0.1) is 0 Å². The van der Waals surface area contributed by atoms with E-state index in [1.54, 1.807) is 0 Å². The number of rotatable bonds is 3. The van der Waals surface area contributed by atoms with E-state index in [0.29, 0.717) is 0 Å². The lowest BCUT2D eigenvalue weighted by Crippen LogP contribution is -2.71. The van der Waals surface area contributed by atoms with Crippen molar-refractivity contribution in [2.24, 2.45) is 0 Å². The highest BCUT2D eigenvalue weighted by Gasteiger charge is 2.56. The highest BCUT2D eigenvalue weighted by Crippen LogP contribution is 2.40. The molecule has 0 saturated carbocycles. The van der Waals surface area contributed by atoms with E-state index in [-0.39, 0.29) is 24.1 Å². The van der Waals surface area contributed by atoms with Gasteiger partial charge in [-0.1, -0.05) is 0 Å². The number of amides is 2. The van der Waals surface area contributed by atoms with Gasteiger partial charge in [0.1, 0.15) is 6.04 Å². The van der Waals surface area contributed by atoms with E-state index in [0.717, 1.165) is 16.7 Å². The maximum absolute atomic E-state index is 12.8. The summed E-state index contributed by atoms with van der Waals surface area (Å²) in [5.41, 5.74) is -1.02. The van der Waals surface area contributed by atoms with Gasteiger partial charge in [0.2, 0.25) is 11.8 Å². The first kappa shape index (κ1) is 22.2. The van der Waals surface area contributed by atoms with E-state index in [4.69, 9.17) is 18.9 Å². The van der Waals surface area contributed by atoms with Crippen LogP contribution < -0.4 is 20.1 Å². The van der Waals surface area contributed by atoms with Gasteiger partial charge in [-0.15, -0.1) is 0 Å². The quantitative estimate of drug-likeness (QED) is 0.586. The van der Waals surface area contributed by atoms with Crippen LogP contribution in [0.1, 0.15) is 27.7 Å². The summed E-state index contributed by atoms with van der Waals surface area (Å²) in [6.07, 6.45) is -3.48. The van der Waals surface area contributed by atoms with Crippen molar-refractivity contribution in [3.8, 4) is 6.01 Å². The molecule has 0 spiro atoms. The maximum atomic E-state index is 12.8.